The zero-order valence-electron chi connectivity index (χ0n) is 11.4. The fourth-order valence-electron chi connectivity index (χ4n) is 1.76. The van der Waals surface area contributed by atoms with Crippen LogP contribution >= 0.6 is 11.3 Å². The van der Waals surface area contributed by atoms with Crippen molar-refractivity contribution in [2.75, 3.05) is 11.9 Å². The van der Waals surface area contributed by atoms with Gasteiger partial charge in [-0.3, -0.25) is 4.79 Å². The number of anilines is 1. The third-order valence-electron chi connectivity index (χ3n) is 2.74. The number of amides is 1. The van der Waals surface area contributed by atoms with Gasteiger partial charge in [0.15, 0.2) is 0 Å². The van der Waals surface area contributed by atoms with Crippen molar-refractivity contribution in [2.24, 2.45) is 5.73 Å². The molecule has 5 heteroatoms. The first-order valence-electron chi connectivity index (χ1n) is 6.44. The number of nitrogens with one attached hydrogen (secondary N) is 1. The fourth-order valence-corrected chi connectivity index (χ4v) is 2.59. The molecule has 0 fully saturated rings. The second kappa shape index (κ2) is 6.96. The second-order valence-electron chi connectivity index (χ2n) is 4.43. The normalized spacial score (nSPS) is 10.2. The van der Waals surface area contributed by atoms with Crippen molar-refractivity contribution >= 4 is 22.9 Å². The van der Waals surface area contributed by atoms with E-state index in [4.69, 9.17) is 10.5 Å². The maximum Gasteiger partial charge on any atom is 0.220 e. The van der Waals surface area contributed by atoms with Gasteiger partial charge in [-0.25, -0.2) is 0 Å². The molecule has 0 spiro atoms. The number of hydrogen-bond donors (Lipinski definition) is 2. The largest absolute Gasteiger partial charge is 0.491 e. The molecule has 1 heterocycles. The van der Waals surface area contributed by atoms with E-state index in [-0.39, 0.29) is 12.3 Å². The SMILES string of the molecule is Cc1ccc(CNc2ccccc2OCCC(N)=O)s1. The summed E-state index contributed by atoms with van der Waals surface area (Å²) in [6.07, 6.45) is 0.221. The smallest absolute Gasteiger partial charge is 0.220 e. The summed E-state index contributed by atoms with van der Waals surface area (Å²) >= 11 is 1.77. The summed E-state index contributed by atoms with van der Waals surface area (Å²) in [7, 11) is 0. The lowest BCUT2D eigenvalue weighted by atomic mass is 10.3. The van der Waals surface area contributed by atoms with Crippen molar-refractivity contribution in [3.8, 4) is 5.75 Å². The van der Waals surface area contributed by atoms with Crippen LogP contribution in [0.1, 0.15) is 16.2 Å². The van der Waals surface area contributed by atoms with Crippen LogP contribution in [0, 0.1) is 6.92 Å². The van der Waals surface area contributed by atoms with E-state index >= 15 is 0 Å². The zero-order chi connectivity index (χ0) is 14.4. The van der Waals surface area contributed by atoms with Crippen molar-refractivity contribution in [1.82, 2.24) is 0 Å². The molecule has 0 radical (unpaired) electrons. The molecule has 2 rings (SSSR count). The highest BCUT2D eigenvalue weighted by Crippen LogP contribution is 2.25. The molecule has 0 saturated heterocycles. The summed E-state index contributed by atoms with van der Waals surface area (Å²) in [5, 5.41) is 3.35. The van der Waals surface area contributed by atoms with E-state index in [0.717, 1.165) is 18.0 Å². The number of hydrogen-bond acceptors (Lipinski definition) is 4. The summed E-state index contributed by atoms with van der Waals surface area (Å²) in [6.45, 7) is 3.15. The molecule has 0 aliphatic heterocycles. The minimum absolute atomic E-state index is 0.221. The Labute approximate surface area is 122 Å². The molecule has 0 aliphatic carbocycles. The molecular formula is C15H18N2O2S. The van der Waals surface area contributed by atoms with Crippen molar-refractivity contribution < 1.29 is 9.53 Å². The van der Waals surface area contributed by atoms with Crippen LogP contribution in [0.4, 0.5) is 5.69 Å². The summed E-state index contributed by atoms with van der Waals surface area (Å²) in [4.78, 5) is 13.3. The molecule has 2 aromatic rings. The second-order valence-corrected chi connectivity index (χ2v) is 5.80. The molecule has 0 bridgehead atoms. The van der Waals surface area contributed by atoms with Gasteiger partial charge < -0.3 is 15.8 Å². The van der Waals surface area contributed by atoms with Crippen molar-refractivity contribution in [2.45, 2.75) is 19.9 Å². The number of nitrogens with two attached hydrogens (primary N) is 1. The molecule has 0 atom stereocenters. The van der Waals surface area contributed by atoms with Gasteiger partial charge in [-0.15, -0.1) is 11.3 Å². The number of thiophene rings is 1. The summed E-state index contributed by atoms with van der Waals surface area (Å²) < 4.78 is 5.58. The van der Waals surface area contributed by atoms with Gasteiger partial charge in [-0.2, -0.15) is 0 Å². The molecule has 0 saturated carbocycles. The molecule has 0 unspecified atom stereocenters. The molecule has 106 valence electrons. The Balaban J connectivity index is 1.94. The molecular weight excluding hydrogens is 272 g/mol. The number of ether oxygens (including phenoxy) is 1. The van der Waals surface area contributed by atoms with Crippen molar-refractivity contribution in [3.63, 3.8) is 0 Å². The number of primary amides is 1. The Hall–Kier alpha value is -2.01. The lowest BCUT2D eigenvalue weighted by molar-refractivity contribution is -0.118. The third kappa shape index (κ3) is 4.28. The highest BCUT2D eigenvalue weighted by molar-refractivity contribution is 7.11. The monoisotopic (exact) mass is 290 g/mol. The minimum Gasteiger partial charge on any atom is -0.491 e. The van der Waals surface area contributed by atoms with Crippen molar-refractivity contribution in [1.29, 1.82) is 0 Å². The first-order chi connectivity index (χ1) is 9.65. The van der Waals surface area contributed by atoms with Gasteiger partial charge >= 0.3 is 0 Å². The van der Waals surface area contributed by atoms with Gasteiger partial charge in [0, 0.05) is 16.3 Å². The predicted octanol–water partition coefficient (Wildman–Crippen LogP) is 2.92. The van der Waals surface area contributed by atoms with Gasteiger partial charge in [0.1, 0.15) is 5.75 Å². The number of carbonyl (C=O) groups excluding carboxylic acids is 1. The van der Waals surface area contributed by atoms with E-state index in [9.17, 15) is 4.79 Å². The van der Waals surface area contributed by atoms with E-state index in [1.54, 1.807) is 11.3 Å². The number of rotatable bonds is 7. The summed E-state index contributed by atoms with van der Waals surface area (Å²) in [5.41, 5.74) is 6.02. The first kappa shape index (κ1) is 14.4. The molecule has 20 heavy (non-hydrogen) atoms. The number of para-hydroxylation sites is 2. The Morgan fingerprint density at radius 2 is 2.10 bits per heavy atom. The van der Waals surface area contributed by atoms with Crippen LogP contribution in [-0.4, -0.2) is 12.5 Å². The van der Waals surface area contributed by atoms with E-state index in [0.29, 0.717) is 6.61 Å². The fraction of sp³-hybridized carbons (Fsp3) is 0.267. The summed E-state index contributed by atoms with van der Waals surface area (Å²) in [5.74, 6) is 0.381. The molecule has 1 aromatic carbocycles. The first-order valence-corrected chi connectivity index (χ1v) is 7.26. The minimum atomic E-state index is -0.357. The third-order valence-corrected chi connectivity index (χ3v) is 3.74. The summed E-state index contributed by atoms with van der Waals surface area (Å²) in [6, 6.07) is 11.9. The van der Waals surface area contributed by atoms with Crippen LogP contribution in [0.5, 0.6) is 5.75 Å². The van der Waals surface area contributed by atoms with E-state index in [1.807, 2.05) is 24.3 Å². The molecule has 4 nitrogen and oxygen atoms in total. The number of carbonyl (C=O) groups is 1. The average molecular weight is 290 g/mol. The molecule has 0 aliphatic rings. The van der Waals surface area contributed by atoms with Gasteiger partial charge in [0.25, 0.3) is 0 Å². The predicted molar refractivity (Wildman–Crippen MR) is 82.1 cm³/mol. The van der Waals surface area contributed by atoms with Gasteiger partial charge in [0.2, 0.25) is 5.91 Å². The van der Waals surface area contributed by atoms with E-state index in [1.165, 1.54) is 9.75 Å². The topological polar surface area (TPSA) is 64.3 Å². The standard InChI is InChI=1S/C15H18N2O2S/c1-11-6-7-12(20-11)10-17-13-4-2-3-5-14(13)19-9-8-15(16)18/h2-7,17H,8-10H2,1H3,(H2,16,18). The van der Waals surface area contributed by atoms with Crippen molar-refractivity contribution in [3.05, 3.63) is 46.2 Å². The maximum absolute atomic E-state index is 10.7. The highest BCUT2D eigenvalue weighted by atomic mass is 32.1. The Morgan fingerprint density at radius 3 is 2.80 bits per heavy atom. The molecule has 1 aromatic heterocycles. The van der Waals surface area contributed by atoms with E-state index < -0.39 is 0 Å². The van der Waals surface area contributed by atoms with Gasteiger partial charge in [-0.05, 0) is 31.2 Å². The molecule has 3 N–H and O–H groups in total. The van der Waals surface area contributed by atoms with Crippen LogP contribution in [0.25, 0.3) is 0 Å². The number of benzene rings is 1. The lowest BCUT2D eigenvalue weighted by Crippen LogP contribution is -2.15. The lowest BCUT2D eigenvalue weighted by Gasteiger charge is -2.12. The number of aryl methyl sites for hydroxylation is 1. The average Bonchev–Trinajstić information content (AvgIpc) is 2.83. The maximum atomic E-state index is 10.7. The van der Waals surface area contributed by atoms with E-state index in [2.05, 4.69) is 24.4 Å². The Kier molecular flexibility index (Phi) is 5.01. The zero-order valence-corrected chi connectivity index (χ0v) is 12.2. The Bertz CT molecular complexity index is 581. The highest BCUT2D eigenvalue weighted by Gasteiger charge is 2.04. The van der Waals surface area contributed by atoms with Crippen LogP contribution in [0.2, 0.25) is 0 Å². The quantitative estimate of drug-likeness (QED) is 0.824. The van der Waals surface area contributed by atoms with Crippen LogP contribution in [0.15, 0.2) is 36.4 Å². The van der Waals surface area contributed by atoms with Gasteiger partial charge in [0.05, 0.1) is 18.7 Å². The molecule has 1 amide bonds. The van der Waals surface area contributed by atoms with Crippen LogP contribution < -0.4 is 15.8 Å². The van der Waals surface area contributed by atoms with Gasteiger partial charge in [-0.1, -0.05) is 12.1 Å². The van der Waals surface area contributed by atoms with Crippen LogP contribution in [-0.2, 0) is 11.3 Å². The Morgan fingerprint density at radius 1 is 1.30 bits per heavy atom. The van der Waals surface area contributed by atoms with Crippen LogP contribution in [0.3, 0.4) is 0 Å².